The van der Waals surface area contributed by atoms with Gasteiger partial charge in [-0.3, -0.25) is 4.79 Å². The van der Waals surface area contributed by atoms with E-state index in [1.807, 2.05) is 6.92 Å². The highest BCUT2D eigenvalue weighted by atomic mass is 16.1. The molecule has 2 aliphatic rings. The number of aryl methyl sites for hydroxylation is 1. The van der Waals surface area contributed by atoms with Crippen LogP contribution < -0.4 is 5.56 Å². The van der Waals surface area contributed by atoms with Crippen LogP contribution in [0.25, 0.3) is 0 Å². The minimum absolute atomic E-state index is 0.0212. The lowest BCUT2D eigenvalue weighted by Crippen LogP contribution is -2.51. The lowest BCUT2D eigenvalue weighted by Gasteiger charge is -2.41. The molecular weight excluding hydrogens is 276 g/mol. The normalized spacial score (nSPS) is 24.4. The molecule has 1 atom stereocenters. The van der Waals surface area contributed by atoms with Crippen molar-refractivity contribution in [3.8, 4) is 0 Å². The molecule has 5 nitrogen and oxygen atoms in total. The quantitative estimate of drug-likeness (QED) is 0.823. The first-order valence-corrected chi connectivity index (χ1v) is 8.59. The Morgan fingerprint density at radius 1 is 1.27 bits per heavy atom. The second kappa shape index (κ2) is 6.92. The summed E-state index contributed by atoms with van der Waals surface area (Å²) in [5.41, 5.74) is 0.934. The van der Waals surface area contributed by atoms with E-state index in [1.54, 1.807) is 16.8 Å². The minimum Gasteiger partial charge on any atom is -0.303 e. The van der Waals surface area contributed by atoms with E-state index in [4.69, 9.17) is 0 Å². The molecule has 3 heterocycles. The van der Waals surface area contributed by atoms with Crippen LogP contribution >= 0.6 is 0 Å². The van der Waals surface area contributed by atoms with Gasteiger partial charge in [0.2, 0.25) is 0 Å². The minimum atomic E-state index is 0.0212. The average molecular weight is 304 g/mol. The number of hydrogen-bond donors (Lipinski definition) is 0. The summed E-state index contributed by atoms with van der Waals surface area (Å²) in [4.78, 5) is 16.8. The molecule has 122 valence electrons. The molecule has 22 heavy (non-hydrogen) atoms. The van der Waals surface area contributed by atoms with Crippen molar-refractivity contribution in [2.45, 2.75) is 45.2 Å². The Balaban J connectivity index is 1.40. The first-order chi connectivity index (χ1) is 10.6. The molecule has 0 saturated carbocycles. The van der Waals surface area contributed by atoms with Crippen LogP contribution in [0.2, 0.25) is 0 Å². The van der Waals surface area contributed by atoms with Crippen molar-refractivity contribution in [1.29, 1.82) is 0 Å². The van der Waals surface area contributed by atoms with Gasteiger partial charge in [-0.2, -0.15) is 5.10 Å². The molecule has 1 unspecified atom stereocenters. The van der Waals surface area contributed by atoms with Gasteiger partial charge in [0, 0.05) is 31.1 Å². The molecule has 0 bridgehead atoms. The summed E-state index contributed by atoms with van der Waals surface area (Å²) in [5, 5.41) is 4.33. The molecule has 3 rings (SSSR count). The summed E-state index contributed by atoms with van der Waals surface area (Å²) in [6, 6.07) is 4.18. The van der Waals surface area contributed by atoms with Crippen LogP contribution in [0.4, 0.5) is 0 Å². The van der Waals surface area contributed by atoms with Crippen LogP contribution in [0.5, 0.6) is 0 Å². The van der Waals surface area contributed by atoms with Crippen molar-refractivity contribution in [3.63, 3.8) is 0 Å². The number of likely N-dealkylation sites (tertiary alicyclic amines) is 2. The topological polar surface area (TPSA) is 41.4 Å². The molecule has 2 saturated heterocycles. The number of rotatable bonds is 5. The summed E-state index contributed by atoms with van der Waals surface area (Å²) >= 11 is 0. The van der Waals surface area contributed by atoms with Gasteiger partial charge in [0.15, 0.2) is 0 Å². The predicted octanol–water partition coefficient (Wildman–Crippen LogP) is 1.36. The zero-order chi connectivity index (χ0) is 15.5. The van der Waals surface area contributed by atoms with Crippen molar-refractivity contribution < 1.29 is 0 Å². The lowest BCUT2D eigenvalue weighted by molar-refractivity contribution is 0.0672. The SMILES string of the molecule is Cc1ccc(=O)n(CC2CN(CCC3CCCCN3C)C2)n1. The maximum Gasteiger partial charge on any atom is 0.266 e. The Labute approximate surface area is 132 Å². The molecule has 0 aromatic carbocycles. The van der Waals surface area contributed by atoms with Crippen molar-refractivity contribution in [2.75, 3.05) is 33.2 Å². The largest absolute Gasteiger partial charge is 0.303 e. The van der Waals surface area contributed by atoms with Gasteiger partial charge < -0.3 is 9.80 Å². The third kappa shape index (κ3) is 3.76. The van der Waals surface area contributed by atoms with Crippen molar-refractivity contribution in [2.24, 2.45) is 5.92 Å². The Bertz CT molecular complexity index is 550. The maximum absolute atomic E-state index is 11.8. The van der Waals surface area contributed by atoms with Crippen molar-refractivity contribution >= 4 is 0 Å². The van der Waals surface area contributed by atoms with Gasteiger partial charge in [0.05, 0.1) is 12.2 Å². The van der Waals surface area contributed by atoms with E-state index >= 15 is 0 Å². The van der Waals surface area contributed by atoms with E-state index in [1.165, 1.54) is 38.8 Å². The summed E-state index contributed by atoms with van der Waals surface area (Å²) in [6.07, 6.45) is 5.39. The van der Waals surface area contributed by atoms with Crippen LogP contribution in [-0.2, 0) is 6.54 Å². The van der Waals surface area contributed by atoms with Crippen LogP contribution in [0.3, 0.4) is 0 Å². The Morgan fingerprint density at radius 3 is 2.86 bits per heavy atom. The van der Waals surface area contributed by atoms with E-state index < -0.39 is 0 Å². The number of nitrogens with zero attached hydrogens (tertiary/aromatic N) is 4. The first kappa shape index (κ1) is 15.7. The zero-order valence-corrected chi connectivity index (χ0v) is 13.9. The van der Waals surface area contributed by atoms with Gasteiger partial charge in [0.1, 0.15) is 0 Å². The van der Waals surface area contributed by atoms with Gasteiger partial charge in [0.25, 0.3) is 5.56 Å². The lowest BCUT2D eigenvalue weighted by atomic mass is 9.96. The third-order valence-electron chi connectivity index (χ3n) is 5.16. The molecule has 0 amide bonds. The molecule has 0 N–H and O–H groups in total. The first-order valence-electron chi connectivity index (χ1n) is 8.59. The molecular formula is C17H28N4O. The van der Waals surface area contributed by atoms with Crippen LogP contribution in [-0.4, -0.2) is 58.8 Å². The number of piperidine rings is 1. The Kier molecular flexibility index (Phi) is 4.93. The Hall–Kier alpha value is -1.20. The standard InChI is InChI=1S/C17H28N4O/c1-14-6-7-17(22)21(18-14)13-15-11-20(12-15)10-8-16-5-3-4-9-19(16)2/h6-7,15-16H,3-5,8-13H2,1-2H3. The molecule has 5 heteroatoms. The highest BCUT2D eigenvalue weighted by Crippen LogP contribution is 2.21. The van der Waals surface area contributed by atoms with E-state index in [0.29, 0.717) is 5.92 Å². The summed E-state index contributed by atoms with van der Waals surface area (Å²) in [6.45, 7) is 7.37. The molecule has 0 spiro atoms. The highest BCUT2D eigenvalue weighted by Gasteiger charge is 2.28. The fraction of sp³-hybridized carbons (Fsp3) is 0.765. The number of aromatic nitrogens is 2. The van der Waals surface area contributed by atoms with Gasteiger partial charge >= 0.3 is 0 Å². The fourth-order valence-corrected chi connectivity index (χ4v) is 3.74. The second-order valence-electron chi connectivity index (χ2n) is 7.04. The predicted molar refractivity (Wildman–Crippen MR) is 88.1 cm³/mol. The summed E-state index contributed by atoms with van der Waals surface area (Å²) in [7, 11) is 2.26. The van der Waals surface area contributed by atoms with Crippen LogP contribution in [0, 0.1) is 12.8 Å². The van der Waals surface area contributed by atoms with E-state index in [2.05, 4.69) is 21.9 Å². The number of hydrogen-bond acceptors (Lipinski definition) is 4. The second-order valence-corrected chi connectivity index (χ2v) is 7.04. The molecule has 1 aromatic rings. The Morgan fingerprint density at radius 2 is 2.09 bits per heavy atom. The van der Waals surface area contributed by atoms with Crippen molar-refractivity contribution in [3.05, 3.63) is 28.2 Å². The average Bonchev–Trinajstić information content (AvgIpc) is 2.46. The van der Waals surface area contributed by atoms with E-state index in [9.17, 15) is 4.79 Å². The zero-order valence-electron chi connectivity index (χ0n) is 13.9. The van der Waals surface area contributed by atoms with E-state index in [0.717, 1.165) is 31.4 Å². The molecule has 0 aliphatic carbocycles. The van der Waals surface area contributed by atoms with Gasteiger partial charge in [-0.15, -0.1) is 0 Å². The van der Waals surface area contributed by atoms with Gasteiger partial charge in [-0.1, -0.05) is 6.42 Å². The smallest absolute Gasteiger partial charge is 0.266 e. The monoisotopic (exact) mass is 304 g/mol. The summed E-state index contributed by atoms with van der Waals surface area (Å²) < 4.78 is 1.63. The van der Waals surface area contributed by atoms with E-state index in [-0.39, 0.29) is 5.56 Å². The molecule has 1 aromatic heterocycles. The molecule has 0 radical (unpaired) electrons. The van der Waals surface area contributed by atoms with Crippen LogP contribution in [0.15, 0.2) is 16.9 Å². The maximum atomic E-state index is 11.8. The van der Waals surface area contributed by atoms with Crippen molar-refractivity contribution in [1.82, 2.24) is 19.6 Å². The fourth-order valence-electron chi connectivity index (χ4n) is 3.74. The van der Waals surface area contributed by atoms with Crippen LogP contribution in [0.1, 0.15) is 31.4 Å². The highest BCUT2D eigenvalue weighted by molar-refractivity contribution is 4.97. The van der Waals surface area contributed by atoms with Gasteiger partial charge in [-0.05, 0) is 52.4 Å². The molecule has 2 fully saturated rings. The third-order valence-corrected chi connectivity index (χ3v) is 5.16. The van der Waals surface area contributed by atoms with Gasteiger partial charge in [-0.25, -0.2) is 4.68 Å². The summed E-state index contributed by atoms with van der Waals surface area (Å²) in [5.74, 6) is 0.580. The molecule has 2 aliphatic heterocycles.